The summed E-state index contributed by atoms with van der Waals surface area (Å²) in [6.45, 7) is 1.45. The minimum absolute atomic E-state index is 0.00411. The lowest BCUT2D eigenvalue weighted by Gasteiger charge is -2.15. The van der Waals surface area contributed by atoms with Crippen LogP contribution in [-0.4, -0.2) is 30.2 Å². The van der Waals surface area contributed by atoms with Crippen molar-refractivity contribution in [2.75, 3.05) is 12.4 Å². The molecule has 0 radical (unpaired) electrons. The van der Waals surface area contributed by atoms with Gasteiger partial charge < -0.3 is 19.9 Å². The molecule has 1 atom stereocenters. The second-order valence-corrected chi connectivity index (χ2v) is 4.75. The number of methoxy groups -OCH3 is 1. The number of ether oxygens (including phenoxy) is 2. The fourth-order valence-electron chi connectivity index (χ4n) is 1.91. The third-order valence-electron chi connectivity index (χ3n) is 3.14. The van der Waals surface area contributed by atoms with Gasteiger partial charge in [-0.3, -0.25) is 4.79 Å². The van der Waals surface area contributed by atoms with Gasteiger partial charge in [0.05, 0.1) is 12.8 Å². The van der Waals surface area contributed by atoms with Gasteiger partial charge in [-0.15, -0.1) is 0 Å². The number of rotatable bonds is 5. The molecule has 2 rings (SSSR count). The molecule has 0 spiro atoms. The van der Waals surface area contributed by atoms with Crippen LogP contribution in [0.4, 0.5) is 5.69 Å². The van der Waals surface area contributed by atoms with Crippen LogP contribution < -0.4 is 10.1 Å². The molecule has 0 aliphatic rings. The molecule has 1 amide bonds. The fourth-order valence-corrected chi connectivity index (χ4v) is 1.91. The first-order valence-electron chi connectivity index (χ1n) is 6.95. The molecule has 2 aromatic carbocycles. The number of carbonyl (C=O) groups excluding carboxylic acids is 2. The molecule has 0 saturated heterocycles. The molecular weight excluding hydrogens is 298 g/mol. The Balaban J connectivity index is 2.03. The molecule has 6 heteroatoms. The fraction of sp³-hybridized carbons (Fsp3) is 0.176. The van der Waals surface area contributed by atoms with E-state index in [9.17, 15) is 14.7 Å². The van der Waals surface area contributed by atoms with Crippen molar-refractivity contribution in [3.63, 3.8) is 0 Å². The maximum absolute atomic E-state index is 12.1. The Kier molecular flexibility index (Phi) is 5.19. The highest BCUT2D eigenvalue weighted by atomic mass is 16.5. The topological polar surface area (TPSA) is 84.9 Å². The number of benzene rings is 2. The monoisotopic (exact) mass is 315 g/mol. The van der Waals surface area contributed by atoms with Crippen LogP contribution in [0.3, 0.4) is 0 Å². The average molecular weight is 315 g/mol. The van der Waals surface area contributed by atoms with E-state index >= 15 is 0 Å². The van der Waals surface area contributed by atoms with Crippen LogP contribution in [0, 0.1) is 0 Å². The zero-order chi connectivity index (χ0) is 16.8. The van der Waals surface area contributed by atoms with Gasteiger partial charge in [-0.25, -0.2) is 4.79 Å². The largest absolute Gasteiger partial charge is 0.507 e. The molecular formula is C17H17NO5. The van der Waals surface area contributed by atoms with Crippen molar-refractivity contribution < 1.29 is 24.2 Å². The Hall–Kier alpha value is -3.02. The standard InChI is InChI=1S/C17H17NO5/c1-11(23-17(21)12-7-3-5-9-14(12)19)16(20)18-13-8-4-6-10-15(13)22-2/h3-11,19H,1-2H3,(H,18,20)/t11-/m0/s1. The molecule has 0 saturated carbocycles. The van der Waals surface area contributed by atoms with E-state index in [0.29, 0.717) is 11.4 Å². The molecule has 6 nitrogen and oxygen atoms in total. The summed E-state index contributed by atoms with van der Waals surface area (Å²) in [5.74, 6) is -0.973. The number of amides is 1. The minimum Gasteiger partial charge on any atom is -0.507 e. The quantitative estimate of drug-likeness (QED) is 0.828. The Bertz CT molecular complexity index is 714. The van der Waals surface area contributed by atoms with Gasteiger partial charge in [-0.1, -0.05) is 24.3 Å². The number of hydrogen-bond donors (Lipinski definition) is 2. The van der Waals surface area contributed by atoms with Crippen molar-refractivity contribution in [2.24, 2.45) is 0 Å². The second kappa shape index (κ2) is 7.31. The number of aromatic hydroxyl groups is 1. The van der Waals surface area contributed by atoms with Crippen LogP contribution in [-0.2, 0) is 9.53 Å². The van der Waals surface area contributed by atoms with Gasteiger partial charge in [-0.2, -0.15) is 0 Å². The maximum Gasteiger partial charge on any atom is 0.342 e. The smallest absolute Gasteiger partial charge is 0.342 e. The summed E-state index contributed by atoms with van der Waals surface area (Å²) in [6.07, 6.45) is -1.04. The Morgan fingerprint density at radius 1 is 1.09 bits per heavy atom. The highest BCUT2D eigenvalue weighted by molar-refractivity contribution is 5.98. The van der Waals surface area contributed by atoms with E-state index in [1.807, 2.05) is 0 Å². The second-order valence-electron chi connectivity index (χ2n) is 4.75. The van der Waals surface area contributed by atoms with Crippen molar-refractivity contribution in [1.29, 1.82) is 0 Å². The lowest BCUT2D eigenvalue weighted by atomic mass is 10.2. The number of esters is 1. The van der Waals surface area contributed by atoms with Crippen LogP contribution in [0.25, 0.3) is 0 Å². The summed E-state index contributed by atoms with van der Waals surface area (Å²) in [7, 11) is 1.49. The van der Waals surface area contributed by atoms with E-state index in [1.165, 1.54) is 26.2 Å². The number of carbonyl (C=O) groups is 2. The normalized spacial score (nSPS) is 11.4. The molecule has 2 N–H and O–H groups in total. The van der Waals surface area contributed by atoms with Gasteiger partial charge >= 0.3 is 5.97 Å². The van der Waals surface area contributed by atoms with Crippen molar-refractivity contribution in [3.8, 4) is 11.5 Å². The molecule has 0 aromatic heterocycles. The highest BCUT2D eigenvalue weighted by Gasteiger charge is 2.21. The van der Waals surface area contributed by atoms with E-state index < -0.39 is 18.0 Å². The Morgan fingerprint density at radius 2 is 1.74 bits per heavy atom. The van der Waals surface area contributed by atoms with Gasteiger partial charge in [0, 0.05) is 0 Å². The molecule has 2 aromatic rings. The van der Waals surface area contributed by atoms with Crippen molar-refractivity contribution in [1.82, 2.24) is 0 Å². The van der Waals surface area contributed by atoms with Gasteiger partial charge in [-0.05, 0) is 31.2 Å². The minimum atomic E-state index is -1.04. The van der Waals surface area contributed by atoms with Crippen LogP contribution in [0.15, 0.2) is 48.5 Å². The van der Waals surface area contributed by atoms with Gasteiger partial charge in [0.2, 0.25) is 0 Å². The molecule has 120 valence electrons. The summed E-state index contributed by atoms with van der Waals surface area (Å²) in [6, 6.07) is 12.9. The summed E-state index contributed by atoms with van der Waals surface area (Å²) in [5.41, 5.74) is 0.481. The first-order chi connectivity index (χ1) is 11.0. The van der Waals surface area contributed by atoms with Gasteiger partial charge in [0.15, 0.2) is 6.10 Å². The third kappa shape index (κ3) is 4.00. The maximum atomic E-state index is 12.1. The van der Waals surface area contributed by atoms with Crippen LogP contribution >= 0.6 is 0 Å². The SMILES string of the molecule is COc1ccccc1NC(=O)[C@H](C)OC(=O)c1ccccc1O. The number of anilines is 1. The molecule has 0 unspecified atom stereocenters. The van der Waals surface area contributed by atoms with E-state index in [2.05, 4.69) is 5.32 Å². The summed E-state index contributed by atoms with van der Waals surface area (Å²) < 4.78 is 10.2. The Labute approximate surface area is 133 Å². The average Bonchev–Trinajstić information content (AvgIpc) is 2.55. The molecule has 0 aliphatic heterocycles. The van der Waals surface area contributed by atoms with Crippen LogP contribution in [0.1, 0.15) is 17.3 Å². The summed E-state index contributed by atoms with van der Waals surface area (Å²) in [4.78, 5) is 24.1. The van der Waals surface area contributed by atoms with Crippen LogP contribution in [0.2, 0.25) is 0 Å². The van der Waals surface area contributed by atoms with Gasteiger partial charge in [0.1, 0.15) is 17.1 Å². The first kappa shape index (κ1) is 16.4. The lowest BCUT2D eigenvalue weighted by Crippen LogP contribution is -2.30. The Morgan fingerprint density at radius 3 is 2.43 bits per heavy atom. The zero-order valence-corrected chi connectivity index (χ0v) is 12.8. The summed E-state index contributed by atoms with van der Waals surface area (Å²) >= 11 is 0. The molecule has 0 bridgehead atoms. The number of nitrogens with one attached hydrogen (secondary N) is 1. The molecule has 0 fully saturated rings. The predicted molar refractivity (Wildman–Crippen MR) is 84.6 cm³/mol. The number of para-hydroxylation sites is 3. The first-order valence-corrected chi connectivity index (χ1v) is 6.95. The zero-order valence-electron chi connectivity index (χ0n) is 12.8. The van der Waals surface area contributed by atoms with Gasteiger partial charge in [0.25, 0.3) is 5.91 Å². The number of phenols is 1. The van der Waals surface area contributed by atoms with E-state index in [1.54, 1.807) is 36.4 Å². The predicted octanol–water partition coefficient (Wildman–Crippen LogP) is 2.58. The number of hydrogen-bond acceptors (Lipinski definition) is 5. The van der Waals surface area contributed by atoms with E-state index in [0.717, 1.165) is 0 Å². The van der Waals surface area contributed by atoms with Crippen molar-refractivity contribution in [3.05, 3.63) is 54.1 Å². The molecule has 0 heterocycles. The van der Waals surface area contributed by atoms with E-state index in [4.69, 9.17) is 9.47 Å². The van der Waals surface area contributed by atoms with Crippen LogP contribution in [0.5, 0.6) is 11.5 Å². The van der Waals surface area contributed by atoms with E-state index in [-0.39, 0.29) is 11.3 Å². The molecule has 23 heavy (non-hydrogen) atoms. The third-order valence-corrected chi connectivity index (χ3v) is 3.14. The molecule has 0 aliphatic carbocycles. The van der Waals surface area contributed by atoms with Crippen molar-refractivity contribution in [2.45, 2.75) is 13.0 Å². The lowest BCUT2D eigenvalue weighted by molar-refractivity contribution is -0.123. The summed E-state index contributed by atoms with van der Waals surface area (Å²) in [5, 5.41) is 12.2. The van der Waals surface area contributed by atoms with Crippen molar-refractivity contribution >= 4 is 17.6 Å². The highest BCUT2D eigenvalue weighted by Crippen LogP contribution is 2.23. The number of phenolic OH excluding ortho intramolecular Hbond substituents is 1.